The third-order valence-electron chi connectivity index (χ3n) is 6.67. The number of rotatable bonds is 9. The Bertz CT molecular complexity index is 1250. The lowest BCUT2D eigenvalue weighted by Crippen LogP contribution is -2.46. The third kappa shape index (κ3) is 5.32. The van der Waals surface area contributed by atoms with Gasteiger partial charge in [-0.3, -0.25) is 9.59 Å². The van der Waals surface area contributed by atoms with Gasteiger partial charge in [-0.05, 0) is 48.4 Å². The fraction of sp³-hybridized carbons (Fsp3) is 0.310. The van der Waals surface area contributed by atoms with Crippen LogP contribution in [0.4, 0.5) is 11.4 Å². The fourth-order valence-corrected chi connectivity index (χ4v) is 4.78. The average Bonchev–Trinajstić information content (AvgIpc) is 2.96. The maximum atomic E-state index is 13.8. The van der Waals surface area contributed by atoms with Gasteiger partial charge in [0.25, 0.3) is 0 Å². The SMILES string of the molecule is COc1ccc([C@@H]2[C@@H](C(=O)Nc3cc(OC)c(OC)c(OC)c3)CCC(=O)N2c2ccc(OC)cc2)cc1. The van der Waals surface area contributed by atoms with Crippen molar-refractivity contribution in [3.05, 3.63) is 66.2 Å². The van der Waals surface area contributed by atoms with Crippen LogP contribution in [0.1, 0.15) is 24.4 Å². The van der Waals surface area contributed by atoms with Gasteiger partial charge in [0.05, 0.1) is 47.5 Å². The predicted molar refractivity (Wildman–Crippen MR) is 144 cm³/mol. The molecule has 0 saturated carbocycles. The molecular formula is C29H32N2O7. The molecule has 0 bridgehead atoms. The Morgan fingerprint density at radius 2 is 1.34 bits per heavy atom. The van der Waals surface area contributed by atoms with Crippen molar-refractivity contribution in [3.8, 4) is 28.7 Å². The second-order valence-corrected chi connectivity index (χ2v) is 8.73. The lowest BCUT2D eigenvalue weighted by atomic mass is 9.83. The minimum Gasteiger partial charge on any atom is -0.497 e. The Kier molecular flexibility index (Phi) is 8.25. The van der Waals surface area contributed by atoms with Crippen molar-refractivity contribution in [3.63, 3.8) is 0 Å². The number of benzene rings is 3. The van der Waals surface area contributed by atoms with Gasteiger partial charge >= 0.3 is 0 Å². The van der Waals surface area contributed by atoms with E-state index in [1.807, 2.05) is 36.4 Å². The van der Waals surface area contributed by atoms with E-state index in [-0.39, 0.29) is 18.2 Å². The Morgan fingerprint density at radius 3 is 1.84 bits per heavy atom. The number of anilines is 2. The van der Waals surface area contributed by atoms with E-state index >= 15 is 0 Å². The molecule has 0 unspecified atom stereocenters. The second-order valence-electron chi connectivity index (χ2n) is 8.73. The maximum absolute atomic E-state index is 13.8. The van der Waals surface area contributed by atoms with E-state index in [0.717, 1.165) is 5.56 Å². The van der Waals surface area contributed by atoms with E-state index in [2.05, 4.69) is 5.32 Å². The Hall–Kier alpha value is -4.40. The van der Waals surface area contributed by atoms with Gasteiger partial charge in [0, 0.05) is 29.9 Å². The topological polar surface area (TPSA) is 95.6 Å². The molecular weight excluding hydrogens is 488 g/mol. The van der Waals surface area contributed by atoms with Crippen molar-refractivity contribution in [2.45, 2.75) is 18.9 Å². The van der Waals surface area contributed by atoms with Crippen molar-refractivity contribution in [2.75, 3.05) is 45.8 Å². The van der Waals surface area contributed by atoms with Crippen LogP contribution in [0.2, 0.25) is 0 Å². The molecule has 9 nitrogen and oxygen atoms in total. The fourth-order valence-electron chi connectivity index (χ4n) is 4.78. The number of carbonyl (C=O) groups is 2. The smallest absolute Gasteiger partial charge is 0.229 e. The van der Waals surface area contributed by atoms with E-state index in [4.69, 9.17) is 23.7 Å². The zero-order chi connectivity index (χ0) is 27.2. The number of piperidine rings is 1. The van der Waals surface area contributed by atoms with Crippen molar-refractivity contribution >= 4 is 23.2 Å². The number of hydrogen-bond acceptors (Lipinski definition) is 7. The first kappa shape index (κ1) is 26.7. The van der Waals surface area contributed by atoms with Gasteiger partial charge in [-0.2, -0.15) is 0 Å². The lowest BCUT2D eigenvalue weighted by molar-refractivity contribution is -0.125. The summed E-state index contributed by atoms with van der Waals surface area (Å²) in [6, 6.07) is 17.5. The van der Waals surface area contributed by atoms with Crippen molar-refractivity contribution < 1.29 is 33.3 Å². The van der Waals surface area contributed by atoms with Crippen LogP contribution in [0.15, 0.2) is 60.7 Å². The molecule has 2 atom stereocenters. The molecule has 0 aliphatic carbocycles. The molecule has 9 heteroatoms. The molecule has 1 aliphatic heterocycles. The third-order valence-corrected chi connectivity index (χ3v) is 6.67. The number of methoxy groups -OCH3 is 5. The number of amides is 2. The number of nitrogens with zero attached hydrogens (tertiary/aromatic N) is 1. The summed E-state index contributed by atoms with van der Waals surface area (Å²) in [7, 11) is 7.73. The van der Waals surface area contributed by atoms with Gasteiger partial charge in [0.2, 0.25) is 17.6 Å². The molecule has 1 N–H and O–H groups in total. The Balaban J connectivity index is 1.73. The zero-order valence-corrected chi connectivity index (χ0v) is 22.1. The zero-order valence-electron chi connectivity index (χ0n) is 22.1. The molecule has 1 heterocycles. The molecule has 0 radical (unpaired) electrons. The second kappa shape index (κ2) is 11.8. The molecule has 0 aromatic heterocycles. The van der Waals surface area contributed by atoms with Crippen LogP contribution in [0, 0.1) is 5.92 Å². The van der Waals surface area contributed by atoms with Gasteiger partial charge < -0.3 is 33.9 Å². The predicted octanol–water partition coefficient (Wildman–Crippen LogP) is 4.85. The van der Waals surface area contributed by atoms with Crippen molar-refractivity contribution in [2.24, 2.45) is 5.92 Å². The van der Waals surface area contributed by atoms with Crippen LogP contribution >= 0.6 is 0 Å². The summed E-state index contributed by atoms with van der Waals surface area (Å²) in [4.78, 5) is 28.8. The highest BCUT2D eigenvalue weighted by Gasteiger charge is 2.41. The van der Waals surface area contributed by atoms with E-state index in [0.29, 0.717) is 46.5 Å². The van der Waals surface area contributed by atoms with E-state index in [9.17, 15) is 9.59 Å². The van der Waals surface area contributed by atoms with Gasteiger partial charge in [-0.25, -0.2) is 0 Å². The van der Waals surface area contributed by atoms with Crippen molar-refractivity contribution in [1.29, 1.82) is 0 Å². The molecule has 200 valence electrons. The molecule has 3 aromatic carbocycles. The van der Waals surface area contributed by atoms with Crippen LogP contribution in [0.3, 0.4) is 0 Å². The standard InChI is InChI=1S/C29H32N2O7/c1-34-21-10-6-18(7-11-21)27-23(14-15-26(32)31(27)20-8-12-22(35-2)13-9-20)29(33)30-19-16-24(36-3)28(38-5)25(17-19)37-4/h6-13,16-17,23,27H,14-15H2,1-5H3,(H,30,33)/t23-,27+/m0/s1. The first-order valence-corrected chi connectivity index (χ1v) is 12.1. The summed E-state index contributed by atoms with van der Waals surface area (Å²) in [5, 5.41) is 3.00. The van der Waals surface area contributed by atoms with Crippen molar-refractivity contribution in [1.82, 2.24) is 0 Å². The average molecular weight is 521 g/mol. The van der Waals surface area contributed by atoms with Crippen LogP contribution in [-0.2, 0) is 9.59 Å². The van der Waals surface area contributed by atoms with Crippen LogP contribution in [0.25, 0.3) is 0 Å². The number of ether oxygens (including phenoxy) is 5. The summed E-state index contributed by atoms with van der Waals surface area (Å²) >= 11 is 0. The molecule has 4 rings (SSSR count). The minimum absolute atomic E-state index is 0.0622. The lowest BCUT2D eigenvalue weighted by Gasteiger charge is -2.41. The maximum Gasteiger partial charge on any atom is 0.229 e. The molecule has 3 aromatic rings. The highest BCUT2D eigenvalue weighted by Crippen LogP contribution is 2.43. The molecule has 1 aliphatic rings. The van der Waals surface area contributed by atoms with Gasteiger partial charge in [0.1, 0.15) is 11.5 Å². The first-order valence-electron chi connectivity index (χ1n) is 12.1. The van der Waals surface area contributed by atoms with Crippen LogP contribution in [0.5, 0.6) is 28.7 Å². The Morgan fingerprint density at radius 1 is 0.789 bits per heavy atom. The number of carbonyl (C=O) groups excluding carboxylic acids is 2. The highest BCUT2D eigenvalue weighted by atomic mass is 16.5. The monoisotopic (exact) mass is 520 g/mol. The summed E-state index contributed by atoms with van der Waals surface area (Å²) in [5.41, 5.74) is 1.99. The molecule has 0 spiro atoms. The first-order chi connectivity index (χ1) is 18.4. The van der Waals surface area contributed by atoms with Gasteiger partial charge in [0.15, 0.2) is 11.5 Å². The molecule has 38 heavy (non-hydrogen) atoms. The normalized spacial score (nSPS) is 17.0. The van der Waals surface area contributed by atoms with E-state index < -0.39 is 12.0 Å². The quantitative estimate of drug-likeness (QED) is 0.431. The van der Waals surface area contributed by atoms with E-state index in [1.54, 1.807) is 43.4 Å². The van der Waals surface area contributed by atoms with Crippen LogP contribution < -0.4 is 33.9 Å². The highest BCUT2D eigenvalue weighted by molar-refractivity contribution is 6.00. The Labute approximate surface area is 222 Å². The number of hydrogen-bond donors (Lipinski definition) is 1. The molecule has 1 saturated heterocycles. The summed E-state index contributed by atoms with van der Waals surface area (Å²) in [6.45, 7) is 0. The number of nitrogens with one attached hydrogen (secondary N) is 1. The van der Waals surface area contributed by atoms with Crippen LogP contribution in [-0.4, -0.2) is 47.4 Å². The summed E-state index contributed by atoms with van der Waals surface area (Å²) < 4.78 is 26.9. The largest absolute Gasteiger partial charge is 0.497 e. The minimum atomic E-state index is -0.544. The molecule has 1 fully saturated rings. The van der Waals surface area contributed by atoms with Gasteiger partial charge in [-0.15, -0.1) is 0 Å². The summed E-state index contributed by atoms with van der Waals surface area (Å²) in [5.74, 6) is 1.81. The van der Waals surface area contributed by atoms with Gasteiger partial charge in [-0.1, -0.05) is 12.1 Å². The van der Waals surface area contributed by atoms with E-state index in [1.165, 1.54) is 21.3 Å². The molecule has 2 amide bonds. The summed E-state index contributed by atoms with van der Waals surface area (Å²) in [6.07, 6.45) is 0.616.